The first kappa shape index (κ1) is 21.4. The number of furan rings is 1. The minimum Gasteiger partial charge on any atom is -0.508 e. The molecule has 0 saturated carbocycles. The molecule has 0 aliphatic heterocycles. The molecule has 1 amide bonds. The first-order valence-corrected chi connectivity index (χ1v) is 11.3. The number of anilines is 1. The number of fused-ring (bicyclic) bond motifs is 2. The highest BCUT2D eigenvalue weighted by atomic mass is 16.3. The minimum atomic E-state index is -0.432. The van der Waals surface area contributed by atoms with Crippen LogP contribution in [0.5, 0.6) is 5.75 Å². The Morgan fingerprint density at radius 3 is 2.58 bits per heavy atom. The third-order valence-electron chi connectivity index (χ3n) is 6.01. The quantitative estimate of drug-likeness (QED) is 0.339. The number of carbonyl (C=O) groups is 1. The lowest BCUT2D eigenvalue weighted by Crippen LogP contribution is -2.19. The fourth-order valence-corrected chi connectivity index (χ4v) is 4.26. The van der Waals surface area contributed by atoms with Gasteiger partial charge in [-0.3, -0.25) is 14.2 Å². The van der Waals surface area contributed by atoms with Gasteiger partial charge >= 0.3 is 0 Å². The van der Waals surface area contributed by atoms with E-state index in [0.717, 1.165) is 16.3 Å². The van der Waals surface area contributed by atoms with E-state index in [9.17, 15) is 14.7 Å². The molecule has 6 aromatic rings. The fourth-order valence-electron chi connectivity index (χ4n) is 4.26. The molecule has 7 heteroatoms. The molecule has 0 spiro atoms. The molecule has 7 nitrogen and oxygen atoms in total. The second kappa shape index (κ2) is 8.56. The largest absolute Gasteiger partial charge is 0.508 e. The molecule has 0 bridgehead atoms. The van der Waals surface area contributed by atoms with Crippen molar-refractivity contribution in [1.82, 2.24) is 9.55 Å². The summed E-state index contributed by atoms with van der Waals surface area (Å²) in [5.41, 5.74) is 1.99. The predicted octanol–water partition coefficient (Wildman–Crippen LogP) is 5.76. The monoisotopic (exact) mass is 473 g/mol. The summed E-state index contributed by atoms with van der Waals surface area (Å²) in [6, 6.07) is 28.6. The van der Waals surface area contributed by atoms with Gasteiger partial charge in [0.05, 0.1) is 16.6 Å². The predicted molar refractivity (Wildman–Crippen MR) is 139 cm³/mol. The van der Waals surface area contributed by atoms with Crippen LogP contribution in [-0.4, -0.2) is 20.6 Å². The number of hydrogen-bond acceptors (Lipinski definition) is 5. The van der Waals surface area contributed by atoms with Gasteiger partial charge in [0, 0.05) is 17.3 Å². The molecule has 0 saturated heterocycles. The van der Waals surface area contributed by atoms with E-state index in [4.69, 9.17) is 4.42 Å². The number of carbonyl (C=O) groups excluding carboxylic acids is 1. The molecule has 36 heavy (non-hydrogen) atoms. The Labute approximate surface area is 204 Å². The lowest BCUT2D eigenvalue weighted by molar-refractivity contribution is 0.0997. The van der Waals surface area contributed by atoms with Gasteiger partial charge < -0.3 is 14.8 Å². The smallest absolute Gasteiger partial charge is 0.291 e. The second-order valence-electron chi connectivity index (χ2n) is 8.32. The Morgan fingerprint density at radius 1 is 0.861 bits per heavy atom. The summed E-state index contributed by atoms with van der Waals surface area (Å²) in [4.78, 5) is 30.4. The van der Waals surface area contributed by atoms with Crippen LogP contribution in [-0.2, 0) is 0 Å². The van der Waals surface area contributed by atoms with E-state index < -0.39 is 5.91 Å². The van der Waals surface area contributed by atoms with Crippen molar-refractivity contribution in [1.29, 1.82) is 0 Å². The van der Waals surface area contributed by atoms with Crippen molar-refractivity contribution in [3.63, 3.8) is 0 Å². The van der Waals surface area contributed by atoms with E-state index in [1.165, 1.54) is 23.0 Å². The van der Waals surface area contributed by atoms with E-state index in [1.807, 2.05) is 42.5 Å². The van der Waals surface area contributed by atoms with E-state index in [1.54, 1.807) is 42.5 Å². The highest BCUT2D eigenvalue weighted by molar-refractivity contribution is 6.04. The van der Waals surface area contributed by atoms with Gasteiger partial charge in [-0.05, 0) is 53.2 Å². The van der Waals surface area contributed by atoms with E-state index in [2.05, 4.69) is 10.3 Å². The van der Waals surface area contributed by atoms with Gasteiger partial charge in [0.2, 0.25) is 0 Å². The Morgan fingerprint density at radius 2 is 1.69 bits per heavy atom. The first-order valence-electron chi connectivity index (χ1n) is 11.3. The molecular weight excluding hydrogens is 454 g/mol. The van der Waals surface area contributed by atoms with Gasteiger partial charge in [-0.1, -0.05) is 48.5 Å². The summed E-state index contributed by atoms with van der Waals surface area (Å²) < 4.78 is 7.24. The van der Waals surface area contributed by atoms with E-state index in [-0.39, 0.29) is 17.1 Å². The molecule has 2 N–H and O–H groups in total. The van der Waals surface area contributed by atoms with Crippen molar-refractivity contribution in [2.24, 2.45) is 0 Å². The summed E-state index contributed by atoms with van der Waals surface area (Å²) in [7, 11) is 0. The first-order chi connectivity index (χ1) is 17.6. The topological polar surface area (TPSA) is 97.4 Å². The highest BCUT2D eigenvalue weighted by Crippen LogP contribution is 2.30. The highest BCUT2D eigenvalue weighted by Gasteiger charge is 2.15. The van der Waals surface area contributed by atoms with Gasteiger partial charge in [0.15, 0.2) is 5.76 Å². The Bertz CT molecular complexity index is 1830. The number of rotatable bonds is 4. The lowest BCUT2D eigenvalue weighted by Gasteiger charge is -2.09. The molecule has 2 heterocycles. The molecule has 4 aromatic carbocycles. The Balaban J connectivity index is 1.31. The van der Waals surface area contributed by atoms with Crippen LogP contribution in [0.1, 0.15) is 10.6 Å². The zero-order valence-corrected chi connectivity index (χ0v) is 18.9. The summed E-state index contributed by atoms with van der Waals surface area (Å²) in [5, 5.41) is 15.0. The van der Waals surface area contributed by atoms with E-state index in [0.29, 0.717) is 28.0 Å². The van der Waals surface area contributed by atoms with Crippen LogP contribution in [0.4, 0.5) is 5.69 Å². The average molecular weight is 473 g/mol. The molecule has 0 atom stereocenters. The average Bonchev–Trinajstić information content (AvgIpc) is 3.39. The number of hydrogen-bond donors (Lipinski definition) is 2. The molecule has 2 aromatic heterocycles. The number of nitrogens with one attached hydrogen (secondary N) is 1. The molecule has 0 aliphatic carbocycles. The van der Waals surface area contributed by atoms with Crippen LogP contribution in [0.2, 0.25) is 0 Å². The normalized spacial score (nSPS) is 11.1. The van der Waals surface area contributed by atoms with Crippen molar-refractivity contribution >= 4 is 33.3 Å². The maximum absolute atomic E-state index is 13.1. The summed E-state index contributed by atoms with van der Waals surface area (Å²) >= 11 is 0. The van der Waals surface area contributed by atoms with Crippen molar-refractivity contribution in [2.45, 2.75) is 0 Å². The number of benzene rings is 4. The zero-order valence-electron chi connectivity index (χ0n) is 18.9. The summed E-state index contributed by atoms with van der Waals surface area (Å²) in [6.07, 6.45) is 1.41. The van der Waals surface area contributed by atoms with Gasteiger partial charge in [-0.15, -0.1) is 0 Å². The number of phenolic OH excluding ortho intramolecular Hbond substituents is 1. The minimum absolute atomic E-state index is 0.0434. The number of amides is 1. The third-order valence-corrected chi connectivity index (χ3v) is 6.01. The maximum atomic E-state index is 13.1. The van der Waals surface area contributed by atoms with Gasteiger partial charge in [0.25, 0.3) is 11.5 Å². The maximum Gasteiger partial charge on any atom is 0.291 e. The third kappa shape index (κ3) is 3.78. The Hall–Kier alpha value is -5.17. The lowest BCUT2D eigenvalue weighted by atomic mass is 10.0. The van der Waals surface area contributed by atoms with Crippen molar-refractivity contribution in [3.8, 4) is 22.8 Å². The number of nitrogens with zero attached hydrogens (tertiary/aromatic N) is 2. The molecule has 174 valence electrons. The van der Waals surface area contributed by atoms with Crippen LogP contribution < -0.4 is 10.9 Å². The van der Waals surface area contributed by atoms with Crippen LogP contribution in [0, 0.1) is 0 Å². The molecule has 0 unspecified atom stereocenters. The molecule has 0 radical (unpaired) electrons. The summed E-state index contributed by atoms with van der Waals surface area (Å²) in [5.74, 6) is 0.356. The van der Waals surface area contributed by atoms with Crippen LogP contribution in [0.15, 0.2) is 113 Å². The van der Waals surface area contributed by atoms with Crippen molar-refractivity contribution < 1.29 is 14.3 Å². The number of aromatic hydroxyl groups is 1. The van der Waals surface area contributed by atoms with Crippen molar-refractivity contribution in [2.75, 3.05) is 5.32 Å². The van der Waals surface area contributed by atoms with Gasteiger partial charge in [0.1, 0.15) is 17.8 Å². The summed E-state index contributed by atoms with van der Waals surface area (Å²) in [6.45, 7) is 0. The van der Waals surface area contributed by atoms with Gasteiger partial charge in [-0.25, -0.2) is 4.98 Å². The van der Waals surface area contributed by atoms with Crippen LogP contribution >= 0.6 is 0 Å². The van der Waals surface area contributed by atoms with Gasteiger partial charge in [-0.2, -0.15) is 0 Å². The second-order valence-corrected chi connectivity index (χ2v) is 8.32. The molecular formula is C29H19N3O4. The number of phenols is 1. The zero-order chi connectivity index (χ0) is 24.6. The SMILES string of the molecule is O=C(Nc1ccc2ncn(-c3cccc(O)c3)c(=O)c2c1)c1ccc(-c2cccc3ccccc23)o1. The molecule has 0 fully saturated rings. The van der Waals surface area contributed by atoms with E-state index >= 15 is 0 Å². The van der Waals surface area contributed by atoms with Crippen LogP contribution in [0.3, 0.4) is 0 Å². The van der Waals surface area contributed by atoms with Crippen LogP contribution in [0.25, 0.3) is 38.7 Å². The molecule has 6 rings (SSSR count). The fraction of sp³-hybridized carbons (Fsp3) is 0. The van der Waals surface area contributed by atoms with Crippen molar-refractivity contribution in [3.05, 3.63) is 120 Å². The number of aromatic nitrogens is 2. The standard InChI is InChI=1S/C29H19N3O4/c33-21-8-4-7-20(16-21)32-17-30-25-12-11-19(15-24(25)29(32)35)31-28(34)27-14-13-26(36-27)23-10-3-6-18-5-1-2-9-22(18)23/h1-17,33H,(H,31,34). The molecule has 0 aliphatic rings. The Kier molecular flexibility index (Phi) is 5.08.